The fourth-order valence-electron chi connectivity index (χ4n) is 2.06. The van der Waals surface area contributed by atoms with Crippen molar-refractivity contribution in [2.24, 2.45) is 5.92 Å². The zero-order valence-electron chi connectivity index (χ0n) is 14.6. The second kappa shape index (κ2) is 9.98. The molecule has 0 bridgehead atoms. The average molecular weight is 345 g/mol. The van der Waals surface area contributed by atoms with Gasteiger partial charge in [-0.05, 0) is 30.0 Å². The highest BCUT2D eigenvalue weighted by atomic mass is 16.5. The van der Waals surface area contributed by atoms with Crippen LogP contribution >= 0.6 is 0 Å². The van der Waals surface area contributed by atoms with Crippen molar-refractivity contribution >= 4 is 11.9 Å². The Labute approximate surface area is 147 Å². The lowest BCUT2D eigenvalue weighted by molar-refractivity contribution is -0.142. The van der Waals surface area contributed by atoms with Crippen LogP contribution in [0.1, 0.15) is 19.4 Å². The lowest BCUT2D eigenvalue weighted by atomic mass is 10.0. The van der Waals surface area contributed by atoms with Gasteiger partial charge in [0.2, 0.25) is 0 Å². The molecule has 0 radical (unpaired) electrons. The third-order valence-corrected chi connectivity index (χ3v) is 3.55. The minimum atomic E-state index is -1.13. The molecule has 0 saturated carbocycles. The van der Waals surface area contributed by atoms with Crippen LogP contribution in [-0.4, -0.2) is 36.7 Å². The topological polar surface area (TPSA) is 111 Å². The van der Waals surface area contributed by atoms with Gasteiger partial charge in [-0.2, -0.15) is 5.26 Å². The van der Waals surface area contributed by atoms with Gasteiger partial charge < -0.3 is 20.5 Å². The molecule has 0 spiro atoms. The highest BCUT2D eigenvalue weighted by Gasteiger charge is 2.24. The van der Waals surface area contributed by atoms with E-state index in [4.69, 9.17) is 15.1 Å². The highest BCUT2D eigenvalue weighted by molar-refractivity contribution is 5.99. The van der Waals surface area contributed by atoms with Crippen molar-refractivity contribution in [1.29, 1.82) is 5.26 Å². The van der Waals surface area contributed by atoms with Crippen LogP contribution in [0.2, 0.25) is 0 Å². The molecule has 1 atom stereocenters. The summed E-state index contributed by atoms with van der Waals surface area (Å²) in [5, 5.41) is 23.4. The number of carboxylic acids is 1. The molecule has 134 valence electrons. The van der Waals surface area contributed by atoms with E-state index in [9.17, 15) is 9.59 Å². The number of nitriles is 1. The minimum absolute atomic E-state index is 0.165. The Morgan fingerprint density at radius 3 is 2.44 bits per heavy atom. The molecule has 0 fully saturated rings. The van der Waals surface area contributed by atoms with Crippen LogP contribution < -0.4 is 15.4 Å². The van der Waals surface area contributed by atoms with Gasteiger partial charge in [-0.3, -0.25) is 4.79 Å². The summed E-state index contributed by atoms with van der Waals surface area (Å²) in [6, 6.07) is 8.32. The fraction of sp³-hybridized carbons (Fsp3) is 0.389. The van der Waals surface area contributed by atoms with Gasteiger partial charge in [0.25, 0.3) is 5.91 Å². The van der Waals surface area contributed by atoms with Crippen LogP contribution in [0.3, 0.4) is 0 Å². The number of nitrogens with zero attached hydrogens (tertiary/aromatic N) is 1. The summed E-state index contributed by atoms with van der Waals surface area (Å²) in [7, 11) is 1.60. The Hall–Kier alpha value is -3.01. The summed E-state index contributed by atoms with van der Waals surface area (Å²) in [6.45, 7) is 3.89. The van der Waals surface area contributed by atoms with Crippen molar-refractivity contribution < 1.29 is 19.4 Å². The molecule has 1 unspecified atom stereocenters. The van der Waals surface area contributed by atoms with Crippen LogP contribution in [0.25, 0.3) is 0 Å². The molecule has 0 aliphatic carbocycles. The Morgan fingerprint density at radius 2 is 1.96 bits per heavy atom. The van der Waals surface area contributed by atoms with E-state index in [1.165, 1.54) is 6.20 Å². The van der Waals surface area contributed by atoms with Gasteiger partial charge >= 0.3 is 5.97 Å². The van der Waals surface area contributed by atoms with E-state index in [0.29, 0.717) is 13.0 Å². The molecule has 1 rings (SSSR count). The number of rotatable bonds is 9. The van der Waals surface area contributed by atoms with Crippen molar-refractivity contribution in [3.05, 3.63) is 41.6 Å². The molecular weight excluding hydrogens is 322 g/mol. The van der Waals surface area contributed by atoms with Gasteiger partial charge in [-0.25, -0.2) is 4.79 Å². The molecule has 0 saturated heterocycles. The highest BCUT2D eigenvalue weighted by Crippen LogP contribution is 2.11. The summed E-state index contributed by atoms with van der Waals surface area (Å²) < 4.78 is 5.08. The van der Waals surface area contributed by atoms with Gasteiger partial charge in [0.05, 0.1) is 7.11 Å². The largest absolute Gasteiger partial charge is 0.497 e. The zero-order valence-corrected chi connectivity index (χ0v) is 14.6. The number of carbonyl (C=O) groups excluding carboxylic acids is 1. The van der Waals surface area contributed by atoms with E-state index in [2.05, 4.69) is 10.6 Å². The summed E-state index contributed by atoms with van der Waals surface area (Å²) in [5.41, 5.74) is 0.914. The Bertz CT molecular complexity index is 660. The van der Waals surface area contributed by atoms with E-state index in [1.54, 1.807) is 27.0 Å². The first kappa shape index (κ1) is 20.0. The number of nitrogens with one attached hydrogen (secondary N) is 2. The van der Waals surface area contributed by atoms with Crippen LogP contribution in [-0.2, 0) is 16.0 Å². The third kappa shape index (κ3) is 6.55. The van der Waals surface area contributed by atoms with Gasteiger partial charge in [-0.1, -0.05) is 26.0 Å². The smallest absolute Gasteiger partial charge is 0.326 e. The standard InChI is InChI=1S/C18H23N3O4/c1-12(2)16(18(23)24)21-17(22)14(10-19)11-20-9-8-13-4-6-15(25-3)7-5-13/h4-7,11-12,16,20H,8-9H2,1-3H3,(H,21,22)(H,23,24)/b14-11-. The molecule has 1 aromatic rings. The Balaban J connectivity index is 2.56. The minimum Gasteiger partial charge on any atom is -0.497 e. The van der Waals surface area contributed by atoms with Crippen molar-refractivity contribution in [1.82, 2.24) is 10.6 Å². The summed E-state index contributed by atoms with van der Waals surface area (Å²) in [4.78, 5) is 23.1. The maximum Gasteiger partial charge on any atom is 0.326 e. The first-order valence-electron chi connectivity index (χ1n) is 7.89. The average Bonchev–Trinajstić information content (AvgIpc) is 2.59. The monoisotopic (exact) mass is 345 g/mol. The maximum absolute atomic E-state index is 12.0. The van der Waals surface area contributed by atoms with Crippen LogP contribution in [0.4, 0.5) is 0 Å². The summed E-state index contributed by atoms with van der Waals surface area (Å²) in [6.07, 6.45) is 2.00. The lowest BCUT2D eigenvalue weighted by Gasteiger charge is -2.17. The molecule has 3 N–H and O–H groups in total. The van der Waals surface area contributed by atoms with Crippen molar-refractivity contribution in [3.8, 4) is 11.8 Å². The summed E-state index contributed by atoms with van der Waals surface area (Å²) >= 11 is 0. The Kier molecular flexibility index (Phi) is 8.00. The molecule has 1 aromatic carbocycles. The van der Waals surface area contributed by atoms with Crippen LogP contribution in [0.5, 0.6) is 5.75 Å². The van der Waals surface area contributed by atoms with E-state index in [0.717, 1.165) is 11.3 Å². The lowest BCUT2D eigenvalue weighted by Crippen LogP contribution is -2.44. The van der Waals surface area contributed by atoms with Gasteiger partial charge in [0.15, 0.2) is 0 Å². The van der Waals surface area contributed by atoms with Crippen molar-refractivity contribution in [2.75, 3.05) is 13.7 Å². The summed E-state index contributed by atoms with van der Waals surface area (Å²) in [5.74, 6) is -1.35. The van der Waals surface area contributed by atoms with E-state index < -0.39 is 17.9 Å². The molecule has 0 aliphatic heterocycles. The molecule has 7 heteroatoms. The van der Waals surface area contributed by atoms with Crippen LogP contribution in [0, 0.1) is 17.2 Å². The fourth-order valence-corrected chi connectivity index (χ4v) is 2.06. The quantitative estimate of drug-likeness (QED) is 0.355. The van der Waals surface area contributed by atoms with Crippen molar-refractivity contribution in [2.45, 2.75) is 26.3 Å². The number of hydrogen-bond acceptors (Lipinski definition) is 5. The number of carboxylic acid groups (broad SMARTS) is 1. The van der Waals surface area contributed by atoms with Gasteiger partial charge in [0.1, 0.15) is 23.4 Å². The van der Waals surface area contributed by atoms with Gasteiger partial charge in [0, 0.05) is 12.7 Å². The second-order valence-corrected chi connectivity index (χ2v) is 5.76. The van der Waals surface area contributed by atoms with E-state index >= 15 is 0 Å². The molecule has 0 heterocycles. The SMILES string of the molecule is COc1ccc(CCN/C=C(/C#N)C(=O)NC(C(=O)O)C(C)C)cc1. The maximum atomic E-state index is 12.0. The first-order chi connectivity index (χ1) is 11.9. The number of amides is 1. The third-order valence-electron chi connectivity index (χ3n) is 3.55. The second-order valence-electron chi connectivity index (χ2n) is 5.76. The number of ether oxygens (including phenoxy) is 1. The molecule has 7 nitrogen and oxygen atoms in total. The van der Waals surface area contributed by atoms with E-state index in [1.807, 2.05) is 24.3 Å². The number of benzene rings is 1. The Morgan fingerprint density at radius 1 is 1.32 bits per heavy atom. The number of aliphatic carboxylic acids is 1. The first-order valence-corrected chi connectivity index (χ1v) is 7.89. The number of hydrogen-bond donors (Lipinski definition) is 3. The number of carbonyl (C=O) groups is 2. The predicted molar refractivity (Wildman–Crippen MR) is 92.8 cm³/mol. The van der Waals surface area contributed by atoms with Gasteiger partial charge in [-0.15, -0.1) is 0 Å². The van der Waals surface area contributed by atoms with Crippen molar-refractivity contribution in [3.63, 3.8) is 0 Å². The number of methoxy groups -OCH3 is 1. The molecule has 1 amide bonds. The molecular formula is C18H23N3O4. The van der Waals surface area contributed by atoms with E-state index in [-0.39, 0.29) is 11.5 Å². The molecule has 0 aromatic heterocycles. The van der Waals surface area contributed by atoms with Crippen LogP contribution in [0.15, 0.2) is 36.0 Å². The molecule has 25 heavy (non-hydrogen) atoms. The zero-order chi connectivity index (χ0) is 18.8. The molecule has 0 aliphatic rings. The normalized spacial score (nSPS) is 12.2. The predicted octanol–water partition coefficient (Wildman–Crippen LogP) is 1.46.